The van der Waals surface area contributed by atoms with Crippen LogP contribution in [0.4, 0.5) is 11.4 Å². The topological polar surface area (TPSA) is 75.9 Å². The van der Waals surface area contributed by atoms with E-state index in [0.29, 0.717) is 11.3 Å². The van der Waals surface area contributed by atoms with Gasteiger partial charge in [0.1, 0.15) is 5.75 Å². The molecular weight excluding hydrogens is 418 g/mol. The summed E-state index contributed by atoms with van der Waals surface area (Å²) in [4.78, 5) is 28.2. The highest BCUT2D eigenvalue weighted by Crippen LogP contribution is 2.29. The Hall–Kier alpha value is -3.71. The van der Waals surface area contributed by atoms with Gasteiger partial charge in [-0.15, -0.1) is 0 Å². The number of nitro benzene ring substituents is 1. The number of carbonyl (C=O) groups is 1. The van der Waals surface area contributed by atoms with Gasteiger partial charge in [0.15, 0.2) is 0 Å². The largest absolute Gasteiger partial charge is 0.497 e. The molecule has 0 saturated carbocycles. The van der Waals surface area contributed by atoms with E-state index in [1.54, 1.807) is 19.2 Å². The first-order valence-electron chi connectivity index (χ1n) is 11.0. The molecule has 0 aromatic heterocycles. The molecule has 0 N–H and O–H groups in total. The van der Waals surface area contributed by atoms with Gasteiger partial charge >= 0.3 is 0 Å². The van der Waals surface area contributed by atoms with Crippen LogP contribution in [0, 0.1) is 10.1 Å². The Balaban J connectivity index is 1.49. The molecule has 7 nitrogen and oxygen atoms in total. The summed E-state index contributed by atoms with van der Waals surface area (Å²) < 4.78 is 5.40. The van der Waals surface area contributed by atoms with Crippen LogP contribution in [0.1, 0.15) is 28.8 Å². The molecule has 170 valence electrons. The number of likely N-dealkylation sites (tertiary alicyclic amines) is 1. The van der Waals surface area contributed by atoms with E-state index in [-0.39, 0.29) is 22.6 Å². The number of piperidine rings is 1. The van der Waals surface area contributed by atoms with Crippen LogP contribution < -0.4 is 9.64 Å². The number of nitro groups is 1. The van der Waals surface area contributed by atoms with E-state index in [0.717, 1.165) is 43.7 Å². The lowest BCUT2D eigenvalue weighted by molar-refractivity contribution is -0.384. The Kier molecular flexibility index (Phi) is 7.00. The second-order valence-corrected chi connectivity index (χ2v) is 8.17. The third-order valence-electron chi connectivity index (χ3n) is 6.05. The van der Waals surface area contributed by atoms with Crippen LogP contribution in [-0.2, 0) is 6.54 Å². The van der Waals surface area contributed by atoms with Crippen molar-refractivity contribution in [3.63, 3.8) is 0 Å². The molecule has 1 aliphatic rings. The molecule has 3 aromatic rings. The minimum absolute atomic E-state index is 0.0160. The van der Waals surface area contributed by atoms with Crippen molar-refractivity contribution in [2.24, 2.45) is 0 Å². The quantitative estimate of drug-likeness (QED) is 0.381. The average molecular weight is 446 g/mol. The summed E-state index contributed by atoms with van der Waals surface area (Å²) in [5.41, 5.74) is 2.64. The molecule has 0 unspecified atom stereocenters. The Labute approximate surface area is 193 Å². The van der Waals surface area contributed by atoms with Crippen molar-refractivity contribution in [3.8, 4) is 5.75 Å². The lowest BCUT2D eigenvalue weighted by Gasteiger charge is -2.38. The van der Waals surface area contributed by atoms with Gasteiger partial charge in [-0.1, -0.05) is 36.4 Å². The number of hydrogen-bond donors (Lipinski definition) is 0. The van der Waals surface area contributed by atoms with Gasteiger partial charge in [0.05, 0.1) is 12.0 Å². The molecule has 0 aliphatic carbocycles. The first-order valence-corrected chi connectivity index (χ1v) is 11.0. The second-order valence-electron chi connectivity index (χ2n) is 8.17. The van der Waals surface area contributed by atoms with Crippen molar-refractivity contribution in [3.05, 3.63) is 100 Å². The molecular formula is C26H27N3O4. The van der Waals surface area contributed by atoms with Crippen molar-refractivity contribution >= 4 is 17.3 Å². The molecule has 33 heavy (non-hydrogen) atoms. The summed E-state index contributed by atoms with van der Waals surface area (Å²) in [6.45, 7) is 2.41. The van der Waals surface area contributed by atoms with Crippen molar-refractivity contribution in [1.29, 1.82) is 0 Å². The minimum Gasteiger partial charge on any atom is -0.497 e. The van der Waals surface area contributed by atoms with Gasteiger partial charge in [0.25, 0.3) is 11.6 Å². The molecule has 1 amide bonds. The fraction of sp³-hybridized carbons (Fsp3) is 0.269. The molecule has 0 spiro atoms. The summed E-state index contributed by atoms with van der Waals surface area (Å²) in [5.74, 6) is 0.701. The van der Waals surface area contributed by atoms with Crippen LogP contribution in [-0.4, -0.2) is 42.0 Å². The SMILES string of the molecule is COc1cccc(N(C(=O)c2ccccc2)C2CCN(Cc3ccc([N+](=O)[O-])cc3)CC2)c1. The average Bonchev–Trinajstić information content (AvgIpc) is 2.86. The van der Waals surface area contributed by atoms with Crippen molar-refractivity contribution < 1.29 is 14.5 Å². The zero-order valence-corrected chi connectivity index (χ0v) is 18.6. The third-order valence-corrected chi connectivity index (χ3v) is 6.05. The maximum atomic E-state index is 13.5. The number of hydrogen-bond acceptors (Lipinski definition) is 5. The van der Waals surface area contributed by atoms with E-state index >= 15 is 0 Å². The molecule has 0 radical (unpaired) electrons. The fourth-order valence-corrected chi connectivity index (χ4v) is 4.29. The van der Waals surface area contributed by atoms with Crippen LogP contribution in [0.3, 0.4) is 0 Å². The van der Waals surface area contributed by atoms with Crippen LogP contribution >= 0.6 is 0 Å². The lowest BCUT2D eigenvalue weighted by atomic mass is 10.00. The third kappa shape index (κ3) is 5.38. The summed E-state index contributed by atoms with van der Waals surface area (Å²) >= 11 is 0. The van der Waals surface area contributed by atoms with Crippen LogP contribution in [0.15, 0.2) is 78.9 Å². The Morgan fingerprint density at radius 3 is 2.36 bits per heavy atom. The molecule has 1 saturated heterocycles. The summed E-state index contributed by atoms with van der Waals surface area (Å²) in [5, 5.41) is 10.9. The minimum atomic E-state index is -0.383. The standard InChI is InChI=1S/C26H27N3O4/c1-33-25-9-5-8-24(18-25)28(26(30)21-6-3-2-4-7-21)22-14-16-27(17-15-22)19-20-10-12-23(13-11-20)29(31)32/h2-13,18,22H,14-17,19H2,1H3. The van der Waals surface area contributed by atoms with E-state index in [9.17, 15) is 14.9 Å². The predicted octanol–water partition coefficient (Wildman–Crippen LogP) is 4.91. The summed E-state index contributed by atoms with van der Waals surface area (Å²) in [6, 6.07) is 23.8. The van der Waals surface area contributed by atoms with E-state index in [4.69, 9.17) is 4.74 Å². The molecule has 1 aliphatic heterocycles. The molecule has 4 rings (SSSR count). The number of amides is 1. The van der Waals surface area contributed by atoms with Crippen LogP contribution in [0.2, 0.25) is 0 Å². The van der Waals surface area contributed by atoms with Crippen molar-refractivity contribution in [2.75, 3.05) is 25.1 Å². The van der Waals surface area contributed by atoms with Crippen molar-refractivity contribution in [2.45, 2.75) is 25.4 Å². The molecule has 1 fully saturated rings. The van der Waals surface area contributed by atoms with Gasteiger partial charge in [-0.05, 0) is 42.7 Å². The van der Waals surface area contributed by atoms with Gasteiger partial charge in [0.2, 0.25) is 0 Å². The first kappa shape index (κ1) is 22.5. The number of non-ortho nitro benzene ring substituents is 1. The highest BCUT2D eigenvalue weighted by atomic mass is 16.6. The highest BCUT2D eigenvalue weighted by Gasteiger charge is 2.30. The predicted molar refractivity (Wildman–Crippen MR) is 128 cm³/mol. The second kappa shape index (κ2) is 10.3. The van der Waals surface area contributed by atoms with E-state index in [2.05, 4.69) is 4.90 Å². The van der Waals surface area contributed by atoms with Gasteiger partial charge in [-0.2, -0.15) is 0 Å². The number of rotatable bonds is 7. The Morgan fingerprint density at radius 2 is 1.73 bits per heavy atom. The summed E-state index contributed by atoms with van der Waals surface area (Å²) in [7, 11) is 1.62. The smallest absolute Gasteiger partial charge is 0.269 e. The summed E-state index contributed by atoms with van der Waals surface area (Å²) in [6.07, 6.45) is 1.67. The molecule has 0 atom stereocenters. The normalized spacial score (nSPS) is 14.6. The number of anilines is 1. The number of methoxy groups -OCH3 is 1. The van der Waals surface area contributed by atoms with E-state index < -0.39 is 0 Å². The van der Waals surface area contributed by atoms with Crippen LogP contribution in [0.5, 0.6) is 5.75 Å². The van der Waals surface area contributed by atoms with Gasteiger partial charge in [-0.3, -0.25) is 19.8 Å². The monoisotopic (exact) mass is 445 g/mol. The number of nitrogens with zero attached hydrogens (tertiary/aromatic N) is 3. The molecule has 3 aromatic carbocycles. The number of carbonyl (C=O) groups excluding carboxylic acids is 1. The van der Waals surface area contributed by atoms with E-state index in [1.807, 2.05) is 71.6 Å². The highest BCUT2D eigenvalue weighted by molar-refractivity contribution is 6.06. The maximum absolute atomic E-state index is 13.5. The van der Waals surface area contributed by atoms with Gasteiger partial charge in [-0.25, -0.2) is 0 Å². The Morgan fingerprint density at radius 1 is 1.03 bits per heavy atom. The molecule has 0 bridgehead atoms. The number of ether oxygens (including phenoxy) is 1. The zero-order chi connectivity index (χ0) is 23.2. The number of benzene rings is 3. The molecule has 7 heteroatoms. The lowest BCUT2D eigenvalue weighted by Crippen LogP contribution is -2.47. The van der Waals surface area contributed by atoms with E-state index in [1.165, 1.54) is 0 Å². The first-order chi connectivity index (χ1) is 16.0. The van der Waals surface area contributed by atoms with Crippen LogP contribution in [0.25, 0.3) is 0 Å². The van der Waals surface area contributed by atoms with Gasteiger partial charge in [0, 0.05) is 55.1 Å². The maximum Gasteiger partial charge on any atom is 0.269 e. The Bertz CT molecular complexity index is 1090. The zero-order valence-electron chi connectivity index (χ0n) is 18.6. The molecule has 1 heterocycles. The fourth-order valence-electron chi connectivity index (χ4n) is 4.29. The van der Waals surface area contributed by atoms with Gasteiger partial charge < -0.3 is 9.64 Å². The van der Waals surface area contributed by atoms with Crippen molar-refractivity contribution in [1.82, 2.24) is 4.90 Å².